The number of halogens is 3. The summed E-state index contributed by atoms with van der Waals surface area (Å²) in [5.41, 5.74) is 4.05. The molecular formula is C13H16F3NO3. The van der Waals surface area contributed by atoms with Crippen LogP contribution in [-0.4, -0.2) is 19.7 Å². The van der Waals surface area contributed by atoms with Crippen LogP contribution in [0.25, 0.3) is 0 Å². The van der Waals surface area contributed by atoms with E-state index in [0.717, 1.165) is 19.2 Å². The van der Waals surface area contributed by atoms with E-state index in [4.69, 9.17) is 10.5 Å². The molecule has 0 heterocycles. The molecule has 2 N–H and O–H groups in total. The van der Waals surface area contributed by atoms with E-state index in [1.807, 2.05) is 0 Å². The van der Waals surface area contributed by atoms with Gasteiger partial charge in [-0.2, -0.15) is 13.2 Å². The highest BCUT2D eigenvalue weighted by molar-refractivity contribution is 5.95. The number of esters is 1. The lowest BCUT2D eigenvalue weighted by molar-refractivity contribution is -0.139. The first kappa shape index (κ1) is 16.3. The van der Waals surface area contributed by atoms with Crippen LogP contribution in [0, 0.1) is 0 Å². The molecule has 0 saturated carbocycles. The highest BCUT2D eigenvalue weighted by Crippen LogP contribution is 2.38. The first-order valence-corrected chi connectivity index (χ1v) is 5.92. The van der Waals surface area contributed by atoms with Crippen LogP contribution in [0.3, 0.4) is 0 Å². The lowest BCUT2D eigenvalue weighted by atomic mass is 9.98. The first-order chi connectivity index (χ1) is 9.22. The van der Waals surface area contributed by atoms with Gasteiger partial charge in [0.25, 0.3) is 0 Å². The molecule has 0 fully saturated rings. The van der Waals surface area contributed by atoms with Gasteiger partial charge in [-0.1, -0.05) is 0 Å². The van der Waals surface area contributed by atoms with Gasteiger partial charge in [-0.15, -0.1) is 0 Å². The molecule has 0 aromatic heterocycles. The van der Waals surface area contributed by atoms with Crippen LogP contribution in [0.5, 0.6) is 0 Å². The molecule has 0 saturated heterocycles. The van der Waals surface area contributed by atoms with Gasteiger partial charge in [0.2, 0.25) is 0 Å². The minimum atomic E-state index is -4.58. The largest absolute Gasteiger partial charge is 0.465 e. The van der Waals surface area contributed by atoms with Gasteiger partial charge in [0.15, 0.2) is 0 Å². The third-order valence-electron chi connectivity index (χ3n) is 2.79. The molecule has 0 aliphatic heterocycles. The van der Waals surface area contributed by atoms with E-state index >= 15 is 0 Å². The van der Waals surface area contributed by atoms with Gasteiger partial charge in [0.1, 0.15) is 0 Å². The van der Waals surface area contributed by atoms with Gasteiger partial charge in [0.05, 0.1) is 24.3 Å². The summed E-state index contributed by atoms with van der Waals surface area (Å²) in [4.78, 5) is 11.5. The number of carbonyl (C=O) groups is 1. The highest BCUT2D eigenvalue weighted by Gasteiger charge is 2.36. The quantitative estimate of drug-likeness (QED) is 0.683. The molecule has 20 heavy (non-hydrogen) atoms. The number of ether oxygens (including phenoxy) is 2. The van der Waals surface area contributed by atoms with Crippen molar-refractivity contribution in [2.24, 2.45) is 0 Å². The van der Waals surface area contributed by atoms with Crippen molar-refractivity contribution in [1.82, 2.24) is 0 Å². The van der Waals surface area contributed by atoms with Crippen molar-refractivity contribution in [3.8, 4) is 0 Å². The molecule has 0 amide bonds. The fraction of sp³-hybridized carbons (Fsp3) is 0.462. The molecule has 0 spiro atoms. The van der Waals surface area contributed by atoms with E-state index in [9.17, 15) is 18.0 Å². The molecule has 0 aliphatic carbocycles. The monoisotopic (exact) mass is 291 g/mol. The average molecular weight is 291 g/mol. The van der Waals surface area contributed by atoms with Crippen LogP contribution in [0.1, 0.15) is 41.4 Å². The molecule has 1 aromatic rings. The molecule has 0 aliphatic rings. The Morgan fingerprint density at radius 2 is 2.00 bits per heavy atom. The van der Waals surface area contributed by atoms with E-state index in [2.05, 4.69) is 4.74 Å². The zero-order valence-electron chi connectivity index (χ0n) is 11.4. The number of rotatable bonds is 4. The second-order valence-corrected chi connectivity index (χ2v) is 4.11. The van der Waals surface area contributed by atoms with Gasteiger partial charge in [0, 0.05) is 12.3 Å². The van der Waals surface area contributed by atoms with Crippen LogP contribution < -0.4 is 5.73 Å². The van der Waals surface area contributed by atoms with E-state index in [1.54, 1.807) is 6.92 Å². The van der Waals surface area contributed by atoms with Crippen molar-refractivity contribution in [3.63, 3.8) is 0 Å². The third kappa shape index (κ3) is 3.41. The zero-order valence-corrected chi connectivity index (χ0v) is 11.4. The van der Waals surface area contributed by atoms with Crippen LogP contribution in [0.2, 0.25) is 0 Å². The number of alkyl halides is 3. The second-order valence-electron chi connectivity index (χ2n) is 4.11. The van der Waals surface area contributed by atoms with Crippen molar-refractivity contribution in [3.05, 3.63) is 28.8 Å². The summed E-state index contributed by atoms with van der Waals surface area (Å²) in [5.74, 6) is -0.791. The minimum Gasteiger partial charge on any atom is -0.465 e. The highest BCUT2D eigenvalue weighted by atomic mass is 19.4. The van der Waals surface area contributed by atoms with E-state index in [0.29, 0.717) is 0 Å². The van der Waals surface area contributed by atoms with Gasteiger partial charge in [-0.3, -0.25) is 0 Å². The number of carbonyl (C=O) groups excluding carboxylic acids is 1. The topological polar surface area (TPSA) is 61.5 Å². The van der Waals surface area contributed by atoms with Gasteiger partial charge in [-0.25, -0.2) is 4.79 Å². The Morgan fingerprint density at radius 3 is 2.45 bits per heavy atom. The van der Waals surface area contributed by atoms with Crippen molar-refractivity contribution in [2.45, 2.75) is 26.1 Å². The SMILES string of the molecule is CCOC(C)c1cc(C(=O)OC)c(N)cc1C(F)(F)F. The summed E-state index contributed by atoms with van der Waals surface area (Å²) in [6, 6.07) is 1.81. The number of hydrogen-bond acceptors (Lipinski definition) is 4. The van der Waals surface area contributed by atoms with Crippen LogP contribution in [0.15, 0.2) is 12.1 Å². The molecule has 1 unspecified atom stereocenters. The van der Waals surface area contributed by atoms with Crippen molar-refractivity contribution in [2.75, 3.05) is 19.5 Å². The van der Waals surface area contributed by atoms with Crippen LogP contribution >= 0.6 is 0 Å². The predicted octanol–water partition coefficient (Wildman–Crippen LogP) is 3.17. The van der Waals surface area contributed by atoms with E-state index < -0.39 is 23.8 Å². The van der Waals surface area contributed by atoms with Crippen molar-refractivity contribution in [1.29, 1.82) is 0 Å². The summed E-state index contributed by atoms with van der Waals surface area (Å²) in [6.07, 6.45) is -5.40. The molecule has 4 nitrogen and oxygen atoms in total. The molecule has 1 rings (SSSR count). The van der Waals surface area contributed by atoms with E-state index in [-0.39, 0.29) is 23.4 Å². The van der Waals surface area contributed by atoms with Crippen molar-refractivity contribution < 1.29 is 27.4 Å². The van der Waals surface area contributed by atoms with Gasteiger partial charge >= 0.3 is 12.1 Å². The number of nitrogens with two attached hydrogens (primary N) is 1. The zero-order chi connectivity index (χ0) is 15.5. The number of anilines is 1. The van der Waals surface area contributed by atoms with Crippen LogP contribution in [-0.2, 0) is 15.7 Å². The smallest absolute Gasteiger partial charge is 0.416 e. The lowest BCUT2D eigenvalue weighted by Gasteiger charge is -2.20. The van der Waals surface area contributed by atoms with Crippen LogP contribution in [0.4, 0.5) is 18.9 Å². The number of methoxy groups -OCH3 is 1. The molecular weight excluding hydrogens is 275 g/mol. The third-order valence-corrected chi connectivity index (χ3v) is 2.79. The second kappa shape index (κ2) is 6.13. The standard InChI is InChI=1S/C13H16F3NO3/c1-4-20-7(2)8-5-9(12(18)19-3)11(17)6-10(8)13(14,15)16/h5-7H,4,17H2,1-3H3. The Labute approximate surface area is 114 Å². The Balaban J connectivity index is 3.45. The number of hydrogen-bond donors (Lipinski definition) is 1. The molecule has 1 atom stereocenters. The average Bonchev–Trinajstić information content (AvgIpc) is 2.36. The normalized spacial score (nSPS) is 13.1. The molecule has 112 valence electrons. The Kier molecular flexibility index (Phi) is 4.99. The summed E-state index contributed by atoms with van der Waals surface area (Å²) in [6.45, 7) is 3.39. The maximum absolute atomic E-state index is 13.0. The number of benzene rings is 1. The maximum atomic E-state index is 13.0. The minimum absolute atomic E-state index is 0.109. The maximum Gasteiger partial charge on any atom is 0.416 e. The van der Waals surface area contributed by atoms with Gasteiger partial charge in [-0.05, 0) is 31.5 Å². The fourth-order valence-corrected chi connectivity index (χ4v) is 1.84. The molecule has 0 radical (unpaired) electrons. The number of nitrogen functional groups attached to an aromatic ring is 1. The summed E-state index contributed by atoms with van der Waals surface area (Å²) < 4.78 is 48.7. The molecule has 1 aromatic carbocycles. The fourth-order valence-electron chi connectivity index (χ4n) is 1.84. The Bertz CT molecular complexity index is 500. The van der Waals surface area contributed by atoms with Crippen molar-refractivity contribution >= 4 is 11.7 Å². The first-order valence-electron chi connectivity index (χ1n) is 5.92. The lowest BCUT2D eigenvalue weighted by Crippen LogP contribution is -2.16. The summed E-state index contributed by atoms with van der Waals surface area (Å²) in [7, 11) is 1.13. The molecule has 7 heteroatoms. The Hall–Kier alpha value is -1.76. The summed E-state index contributed by atoms with van der Waals surface area (Å²) >= 11 is 0. The molecule has 0 bridgehead atoms. The van der Waals surface area contributed by atoms with E-state index in [1.165, 1.54) is 6.92 Å². The van der Waals surface area contributed by atoms with Gasteiger partial charge < -0.3 is 15.2 Å². The predicted molar refractivity (Wildman–Crippen MR) is 67.2 cm³/mol. The summed E-state index contributed by atoms with van der Waals surface area (Å²) in [5, 5.41) is 0. The Morgan fingerprint density at radius 1 is 1.40 bits per heavy atom.